The number of rotatable bonds is 15. The molecule has 0 aliphatic carbocycles. The molecular weight excluding hydrogens is 314 g/mol. The van der Waals surface area contributed by atoms with Gasteiger partial charge >= 0.3 is 0 Å². The zero-order valence-corrected chi connectivity index (χ0v) is 15.6. The van der Waals surface area contributed by atoms with Gasteiger partial charge in [-0.25, -0.2) is 19.3 Å². The second-order valence-electron chi connectivity index (χ2n) is 6.73. The van der Waals surface area contributed by atoms with Crippen LogP contribution < -0.4 is 0 Å². The van der Waals surface area contributed by atoms with E-state index >= 15 is 0 Å². The molecule has 0 saturated carbocycles. The Morgan fingerprint density at radius 1 is 0.680 bits per heavy atom. The van der Waals surface area contributed by atoms with E-state index in [9.17, 15) is 0 Å². The lowest BCUT2D eigenvalue weighted by atomic mass is 10.1. The Hall–Kier alpha value is -1.76. The van der Waals surface area contributed by atoms with Crippen LogP contribution in [-0.4, -0.2) is 41.0 Å². The van der Waals surface area contributed by atoms with Gasteiger partial charge in [-0.2, -0.15) is 10.2 Å². The summed E-state index contributed by atoms with van der Waals surface area (Å²) in [5, 5.41) is 8.41. The molecule has 0 N–H and O–H groups in total. The van der Waals surface area contributed by atoms with Crippen molar-refractivity contribution in [1.82, 2.24) is 34.4 Å². The highest BCUT2D eigenvalue weighted by atomic mass is 15.5. The van der Waals surface area contributed by atoms with E-state index in [1.807, 2.05) is 9.36 Å². The molecule has 2 aromatic heterocycles. The van der Waals surface area contributed by atoms with E-state index in [2.05, 4.69) is 32.0 Å². The maximum absolute atomic E-state index is 4.20. The Labute approximate surface area is 151 Å². The van der Waals surface area contributed by atoms with Crippen LogP contribution in [0.4, 0.5) is 0 Å². The maximum Gasteiger partial charge on any atom is 0.137 e. The fraction of sp³-hybridized carbons (Fsp3) is 0.778. The monoisotopic (exact) mass is 347 g/mol. The third-order valence-electron chi connectivity index (χ3n) is 4.45. The highest BCUT2D eigenvalue weighted by molar-refractivity contribution is 4.61. The third kappa shape index (κ3) is 8.77. The topological polar surface area (TPSA) is 64.7 Å². The Morgan fingerprint density at radius 2 is 1.16 bits per heavy atom. The molecule has 25 heavy (non-hydrogen) atoms. The van der Waals surface area contributed by atoms with Gasteiger partial charge in [0.2, 0.25) is 0 Å². The largest absolute Gasteiger partial charge is 0.265 e. The quantitative estimate of drug-likeness (QED) is 0.460. The van der Waals surface area contributed by atoms with Crippen molar-refractivity contribution in [3.8, 4) is 0 Å². The summed E-state index contributed by atoms with van der Waals surface area (Å²) in [6.45, 7) is 4.78. The zero-order valence-electron chi connectivity index (χ0n) is 15.6. The lowest BCUT2D eigenvalue weighted by Gasteiger charge is -2.21. The first kappa shape index (κ1) is 19.6. The first-order chi connectivity index (χ1) is 12.4. The summed E-state index contributed by atoms with van der Waals surface area (Å²) in [4.78, 5) is 10.4. The second-order valence-corrected chi connectivity index (χ2v) is 6.73. The van der Waals surface area contributed by atoms with Gasteiger partial charge in [0, 0.05) is 6.54 Å². The summed E-state index contributed by atoms with van der Waals surface area (Å²) < 4.78 is 3.71. The van der Waals surface area contributed by atoms with Crippen molar-refractivity contribution < 1.29 is 0 Å². The molecule has 0 saturated heterocycles. The van der Waals surface area contributed by atoms with Gasteiger partial charge in [-0.1, -0.05) is 64.7 Å². The van der Waals surface area contributed by atoms with Crippen molar-refractivity contribution in [1.29, 1.82) is 0 Å². The molecule has 0 atom stereocenters. The van der Waals surface area contributed by atoms with Crippen molar-refractivity contribution in [3.63, 3.8) is 0 Å². The molecule has 7 heteroatoms. The minimum Gasteiger partial charge on any atom is -0.265 e. The highest BCUT2D eigenvalue weighted by Crippen LogP contribution is 2.11. The van der Waals surface area contributed by atoms with E-state index in [-0.39, 0.29) is 0 Å². The molecule has 0 radical (unpaired) electrons. The van der Waals surface area contributed by atoms with Crippen LogP contribution in [0, 0.1) is 0 Å². The predicted octanol–water partition coefficient (Wildman–Crippen LogP) is 3.71. The van der Waals surface area contributed by atoms with Gasteiger partial charge in [-0.05, 0) is 6.42 Å². The molecule has 2 rings (SSSR count). The van der Waals surface area contributed by atoms with Gasteiger partial charge in [-0.3, -0.25) is 4.90 Å². The van der Waals surface area contributed by atoms with Crippen molar-refractivity contribution >= 4 is 0 Å². The summed E-state index contributed by atoms with van der Waals surface area (Å²) in [6, 6.07) is 0. The zero-order chi connectivity index (χ0) is 17.6. The van der Waals surface area contributed by atoms with Gasteiger partial charge in [0.15, 0.2) is 0 Å². The fourth-order valence-electron chi connectivity index (χ4n) is 3.03. The van der Waals surface area contributed by atoms with Crippen molar-refractivity contribution in [2.45, 2.75) is 84.5 Å². The normalized spacial score (nSPS) is 11.4. The third-order valence-corrected chi connectivity index (χ3v) is 4.45. The summed E-state index contributed by atoms with van der Waals surface area (Å²) in [5.41, 5.74) is 0. The molecule has 7 nitrogen and oxygen atoms in total. The number of nitrogens with zero attached hydrogens (tertiary/aromatic N) is 7. The van der Waals surface area contributed by atoms with Crippen molar-refractivity contribution in [3.05, 3.63) is 25.3 Å². The van der Waals surface area contributed by atoms with Crippen molar-refractivity contribution in [2.24, 2.45) is 0 Å². The smallest absolute Gasteiger partial charge is 0.137 e. The van der Waals surface area contributed by atoms with Crippen LogP contribution in [0.1, 0.15) is 71.1 Å². The number of unbranched alkanes of at least 4 members (excludes halogenated alkanes) is 9. The van der Waals surface area contributed by atoms with Crippen LogP contribution in [0.2, 0.25) is 0 Å². The van der Waals surface area contributed by atoms with Gasteiger partial charge in [0.1, 0.15) is 25.3 Å². The number of hydrogen-bond acceptors (Lipinski definition) is 5. The van der Waals surface area contributed by atoms with E-state index in [1.54, 1.807) is 25.3 Å². The minimum absolute atomic E-state index is 0.733. The average molecular weight is 348 g/mol. The Bertz CT molecular complexity index is 473. The van der Waals surface area contributed by atoms with Gasteiger partial charge < -0.3 is 0 Å². The van der Waals surface area contributed by atoms with Crippen LogP contribution in [0.3, 0.4) is 0 Å². The summed E-state index contributed by atoms with van der Waals surface area (Å²) >= 11 is 0. The van der Waals surface area contributed by atoms with Gasteiger partial charge in [-0.15, -0.1) is 0 Å². The lowest BCUT2D eigenvalue weighted by Crippen LogP contribution is -2.30. The predicted molar refractivity (Wildman–Crippen MR) is 98.6 cm³/mol. The molecule has 0 aliphatic heterocycles. The van der Waals surface area contributed by atoms with Crippen LogP contribution in [0.25, 0.3) is 0 Å². The number of hydrogen-bond donors (Lipinski definition) is 0. The molecule has 0 spiro atoms. The molecule has 0 fully saturated rings. The molecule has 2 heterocycles. The Morgan fingerprint density at radius 3 is 1.60 bits per heavy atom. The molecule has 0 bridgehead atoms. The van der Waals surface area contributed by atoms with Crippen molar-refractivity contribution in [2.75, 3.05) is 6.54 Å². The molecule has 0 aromatic carbocycles. The second kappa shape index (κ2) is 12.6. The molecule has 0 amide bonds. The standard InChI is InChI=1S/C18H33N7/c1-2-3-4-5-6-7-8-9-10-11-12-23(17-24-15-19-13-21-24)18-25-16-20-14-22-25/h13-16H,2-12,17-18H2,1H3. The van der Waals surface area contributed by atoms with E-state index in [0.29, 0.717) is 0 Å². The Kier molecular flexibility index (Phi) is 9.84. The lowest BCUT2D eigenvalue weighted by molar-refractivity contribution is 0.149. The average Bonchev–Trinajstić information content (AvgIpc) is 3.30. The summed E-state index contributed by atoms with van der Waals surface area (Å²) in [5.74, 6) is 0. The molecule has 2 aromatic rings. The molecule has 0 unspecified atom stereocenters. The number of aromatic nitrogens is 6. The Balaban J connectivity index is 1.57. The maximum atomic E-state index is 4.20. The van der Waals surface area contributed by atoms with Crippen LogP contribution >= 0.6 is 0 Å². The van der Waals surface area contributed by atoms with Gasteiger partial charge in [0.25, 0.3) is 0 Å². The minimum atomic E-state index is 0.733. The van der Waals surface area contributed by atoms with E-state index in [0.717, 1.165) is 19.9 Å². The molecular formula is C18H33N7. The van der Waals surface area contributed by atoms with E-state index in [4.69, 9.17) is 0 Å². The fourth-order valence-corrected chi connectivity index (χ4v) is 3.03. The van der Waals surface area contributed by atoms with Gasteiger partial charge in [0.05, 0.1) is 13.3 Å². The summed E-state index contributed by atoms with van der Waals surface area (Å²) in [7, 11) is 0. The van der Waals surface area contributed by atoms with E-state index in [1.165, 1.54) is 64.2 Å². The van der Waals surface area contributed by atoms with E-state index < -0.39 is 0 Å². The highest BCUT2D eigenvalue weighted by Gasteiger charge is 2.07. The molecule has 0 aliphatic rings. The van der Waals surface area contributed by atoms with Crippen LogP contribution in [0.15, 0.2) is 25.3 Å². The molecule has 140 valence electrons. The summed E-state index contributed by atoms with van der Waals surface area (Å²) in [6.07, 6.45) is 20.2. The first-order valence-electron chi connectivity index (χ1n) is 9.75. The van der Waals surface area contributed by atoms with Crippen LogP contribution in [-0.2, 0) is 13.3 Å². The first-order valence-corrected chi connectivity index (χ1v) is 9.75. The van der Waals surface area contributed by atoms with Crippen LogP contribution in [0.5, 0.6) is 0 Å². The SMILES string of the molecule is CCCCCCCCCCCCN(Cn1cncn1)Cn1cncn1.